The summed E-state index contributed by atoms with van der Waals surface area (Å²) in [6.45, 7) is 15.2. The molecule has 2 atom stereocenters. The molecular weight excluding hydrogens is 453 g/mol. The van der Waals surface area contributed by atoms with E-state index in [0.717, 1.165) is 37.7 Å². The average molecular weight is 502 g/mol. The van der Waals surface area contributed by atoms with E-state index in [1.807, 2.05) is 19.1 Å². The Morgan fingerprint density at radius 1 is 1.19 bits per heavy atom. The van der Waals surface area contributed by atoms with E-state index in [-0.39, 0.29) is 23.4 Å². The van der Waals surface area contributed by atoms with Crippen LogP contribution in [0.5, 0.6) is 0 Å². The number of Topliss-reactive ketones (excluding diaryl/α,β-unsaturated/α-hetero) is 1. The molecule has 0 bridgehead atoms. The summed E-state index contributed by atoms with van der Waals surface area (Å²) in [5.74, 6) is 0.514. The Morgan fingerprint density at radius 2 is 1.81 bits per heavy atom. The van der Waals surface area contributed by atoms with Crippen LogP contribution in [-0.2, 0) is 20.8 Å². The second kappa shape index (κ2) is 19.6. The number of hydrogen-bond donors (Lipinski definition) is 1. The number of carbonyl (C=O) groups excluding carboxylic acids is 3. The van der Waals surface area contributed by atoms with Crippen molar-refractivity contribution < 1.29 is 18.8 Å². The molecule has 1 fully saturated rings. The molecule has 3 rings (SSSR count). The molecule has 2 unspecified atom stereocenters. The summed E-state index contributed by atoms with van der Waals surface area (Å²) in [5, 5.41) is 2.79. The minimum atomic E-state index is -0.333. The first kappa shape index (κ1) is 33.4. The Labute approximate surface area is 218 Å². The number of amides is 1. The highest BCUT2D eigenvalue weighted by molar-refractivity contribution is 6.00. The predicted molar refractivity (Wildman–Crippen MR) is 149 cm³/mol. The molecule has 202 valence electrons. The van der Waals surface area contributed by atoms with Crippen molar-refractivity contribution in [1.29, 1.82) is 0 Å². The quantitative estimate of drug-likeness (QED) is 0.278. The van der Waals surface area contributed by atoms with Crippen LogP contribution >= 0.6 is 0 Å². The molecule has 2 aliphatic rings. The van der Waals surface area contributed by atoms with Gasteiger partial charge in [-0.2, -0.15) is 0 Å². The third kappa shape index (κ3) is 14.8. The number of allylic oxidation sites excluding steroid dienone is 2. The highest BCUT2D eigenvalue weighted by atomic mass is 19.1. The minimum Gasteiger partial charge on any atom is -0.356 e. The van der Waals surface area contributed by atoms with Crippen molar-refractivity contribution in [2.45, 2.75) is 99.3 Å². The summed E-state index contributed by atoms with van der Waals surface area (Å²) >= 11 is 0. The molecule has 1 aliphatic heterocycles. The van der Waals surface area contributed by atoms with Gasteiger partial charge in [0.05, 0.1) is 5.83 Å². The van der Waals surface area contributed by atoms with E-state index in [1.165, 1.54) is 55.7 Å². The van der Waals surface area contributed by atoms with Crippen LogP contribution in [0.25, 0.3) is 6.08 Å². The molecule has 5 heteroatoms. The first-order valence-corrected chi connectivity index (χ1v) is 13.4. The third-order valence-electron chi connectivity index (χ3n) is 6.12. The second-order valence-electron chi connectivity index (χ2n) is 9.81. The van der Waals surface area contributed by atoms with Crippen molar-refractivity contribution in [2.24, 2.45) is 11.8 Å². The largest absolute Gasteiger partial charge is 0.356 e. The Bertz CT molecular complexity index is 851. The van der Waals surface area contributed by atoms with Crippen molar-refractivity contribution in [3.8, 4) is 0 Å². The summed E-state index contributed by atoms with van der Waals surface area (Å²) in [7, 11) is 0. The van der Waals surface area contributed by atoms with Gasteiger partial charge in [-0.15, -0.1) is 0 Å². The van der Waals surface area contributed by atoms with Gasteiger partial charge in [0, 0.05) is 25.3 Å². The van der Waals surface area contributed by atoms with Crippen molar-refractivity contribution in [3.63, 3.8) is 0 Å². The first-order chi connectivity index (χ1) is 17.1. The topological polar surface area (TPSA) is 63.2 Å². The van der Waals surface area contributed by atoms with E-state index < -0.39 is 0 Å². The van der Waals surface area contributed by atoms with Gasteiger partial charge in [0.1, 0.15) is 6.29 Å². The van der Waals surface area contributed by atoms with Gasteiger partial charge in [0.15, 0.2) is 5.78 Å². The lowest BCUT2D eigenvalue weighted by Crippen LogP contribution is -2.20. The summed E-state index contributed by atoms with van der Waals surface area (Å²) in [6.07, 6.45) is 13.1. The maximum atomic E-state index is 11.2. The third-order valence-corrected chi connectivity index (χ3v) is 6.12. The number of aldehydes is 1. The number of nitrogens with one attached hydrogen (secondary N) is 1. The molecule has 1 aromatic carbocycles. The van der Waals surface area contributed by atoms with Crippen LogP contribution in [0.2, 0.25) is 0 Å². The zero-order chi connectivity index (χ0) is 27.5. The van der Waals surface area contributed by atoms with Crippen LogP contribution in [0.15, 0.2) is 36.2 Å². The standard InChI is InChI=1S/C12H12O.C9H15NO2.C7H16.C3H5F/c1-8-4-3-5-10-6-11(9(2)13)7-12(8)10;1-7(3-5-11)6-8-2-4-10-9(8)12;1-3-5-7-6-4-2;1-3(2)4/h3-5,7H,6H2,1-2H3;5,7-8H,2-4,6H2,1H3,(H,10,12);3-7H2,1-2H3;1H2,2H3. The summed E-state index contributed by atoms with van der Waals surface area (Å²) in [5.41, 5.74) is 4.72. The van der Waals surface area contributed by atoms with Crippen LogP contribution < -0.4 is 5.32 Å². The average Bonchev–Trinajstić information content (AvgIpc) is 3.42. The van der Waals surface area contributed by atoms with Crippen LogP contribution in [0.1, 0.15) is 103 Å². The zero-order valence-corrected chi connectivity index (χ0v) is 23.4. The van der Waals surface area contributed by atoms with Crippen molar-refractivity contribution in [1.82, 2.24) is 5.32 Å². The van der Waals surface area contributed by atoms with Gasteiger partial charge in [-0.1, -0.05) is 77.7 Å². The minimum absolute atomic E-state index is 0.153. The van der Waals surface area contributed by atoms with Gasteiger partial charge in [0.2, 0.25) is 5.91 Å². The molecule has 1 N–H and O–H groups in total. The summed E-state index contributed by atoms with van der Waals surface area (Å²) < 4.78 is 10.8. The maximum absolute atomic E-state index is 11.2. The van der Waals surface area contributed by atoms with Gasteiger partial charge in [-0.05, 0) is 67.9 Å². The van der Waals surface area contributed by atoms with E-state index in [2.05, 4.69) is 44.8 Å². The smallest absolute Gasteiger partial charge is 0.223 e. The molecule has 0 radical (unpaired) electrons. The lowest BCUT2D eigenvalue weighted by atomic mass is 9.93. The van der Waals surface area contributed by atoms with Gasteiger partial charge >= 0.3 is 0 Å². The SMILES string of the molecule is C=C(C)F.CC(=O)C1=Cc2c(C)cccc2C1.CC(CC=O)CC1CCNC1=O.CCCCCCC. The monoisotopic (exact) mass is 501 g/mol. The molecule has 1 aromatic rings. The molecule has 1 aliphatic carbocycles. The van der Waals surface area contributed by atoms with Gasteiger partial charge < -0.3 is 10.1 Å². The van der Waals surface area contributed by atoms with Gasteiger partial charge in [0.25, 0.3) is 0 Å². The van der Waals surface area contributed by atoms with E-state index in [4.69, 9.17) is 0 Å². The molecule has 0 spiro atoms. The van der Waals surface area contributed by atoms with Crippen molar-refractivity contribution >= 4 is 24.1 Å². The Hall–Kier alpha value is -2.56. The van der Waals surface area contributed by atoms with E-state index in [9.17, 15) is 18.8 Å². The Kier molecular flexibility index (Phi) is 18.2. The number of fused-ring (bicyclic) bond motifs is 1. The second-order valence-corrected chi connectivity index (χ2v) is 9.81. The fourth-order valence-electron chi connectivity index (χ4n) is 4.05. The number of carbonyl (C=O) groups is 3. The molecule has 36 heavy (non-hydrogen) atoms. The number of benzene rings is 1. The Morgan fingerprint density at radius 3 is 2.25 bits per heavy atom. The van der Waals surface area contributed by atoms with Crippen LogP contribution in [-0.4, -0.2) is 24.5 Å². The molecule has 4 nitrogen and oxygen atoms in total. The maximum Gasteiger partial charge on any atom is 0.223 e. The van der Waals surface area contributed by atoms with Crippen LogP contribution in [0.4, 0.5) is 4.39 Å². The van der Waals surface area contributed by atoms with Crippen LogP contribution in [0, 0.1) is 18.8 Å². The fraction of sp³-hybridized carbons (Fsp3) is 0.581. The normalized spacial score (nSPS) is 15.9. The molecule has 0 aromatic heterocycles. The van der Waals surface area contributed by atoms with E-state index in [0.29, 0.717) is 12.3 Å². The number of unbranched alkanes of at least 4 members (excludes halogenated alkanes) is 4. The van der Waals surface area contributed by atoms with Crippen molar-refractivity contribution in [2.75, 3.05) is 6.54 Å². The fourth-order valence-corrected chi connectivity index (χ4v) is 4.05. The van der Waals surface area contributed by atoms with Gasteiger partial charge in [-0.3, -0.25) is 9.59 Å². The summed E-state index contributed by atoms with van der Waals surface area (Å²) in [4.78, 5) is 32.4. The molecule has 1 amide bonds. The Balaban J connectivity index is 0.000000493. The lowest BCUT2D eigenvalue weighted by molar-refractivity contribution is -0.123. The number of ketones is 1. The van der Waals surface area contributed by atoms with Crippen molar-refractivity contribution in [3.05, 3.63) is 52.9 Å². The number of hydrogen-bond acceptors (Lipinski definition) is 3. The van der Waals surface area contributed by atoms with E-state index >= 15 is 0 Å². The zero-order valence-electron chi connectivity index (χ0n) is 23.4. The van der Waals surface area contributed by atoms with E-state index in [1.54, 1.807) is 6.92 Å². The predicted octanol–water partition coefficient (Wildman–Crippen LogP) is 7.73. The van der Waals surface area contributed by atoms with Gasteiger partial charge in [-0.25, -0.2) is 4.39 Å². The summed E-state index contributed by atoms with van der Waals surface area (Å²) in [6, 6.07) is 6.22. The number of aryl methyl sites for hydroxylation is 1. The highest BCUT2D eigenvalue weighted by Crippen LogP contribution is 2.27. The molecule has 0 saturated carbocycles. The molecule has 1 saturated heterocycles. The lowest BCUT2D eigenvalue weighted by Gasteiger charge is -2.10. The number of rotatable bonds is 9. The molecular formula is C31H48FNO3. The molecule has 1 heterocycles. The van der Waals surface area contributed by atoms with Crippen LogP contribution in [0.3, 0.4) is 0 Å². The highest BCUT2D eigenvalue weighted by Gasteiger charge is 2.25. The number of halogens is 1. The first-order valence-electron chi connectivity index (χ1n) is 13.4.